The molecule has 0 fully saturated rings. The highest BCUT2D eigenvalue weighted by Gasteiger charge is 2.30. The molecule has 0 saturated heterocycles. The van der Waals surface area contributed by atoms with Crippen molar-refractivity contribution in [3.8, 4) is 5.69 Å². The first-order valence-electron chi connectivity index (χ1n) is 5.68. The molecular weight excluding hydrogens is 255 g/mol. The van der Waals surface area contributed by atoms with Crippen LogP contribution in [0.5, 0.6) is 0 Å². The highest BCUT2D eigenvalue weighted by atomic mass is 19.4. The fraction of sp³-hybridized carbons (Fsp3) is 0.154. The third-order valence-electron chi connectivity index (χ3n) is 2.98. The summed E-state index contributed by atoms with van der Waals surface area (Å²) < 4.78 is 39.8. The number of nitrogens with one attached hydrogen (secondary N) is 1. The molecule has 0 spiro atoms. The van der Waals surface area contributed by atoms with E-state index in [1.807, 2.05) is 6.07 Å². The quantitative estimate of drug-likeness (QED) is 0.840. The van der Waals surface area contributed by atoms with Crippen molar-refractivity contribution < 1.29 is 13.2 Å². The van der Waals surface area contributed by atoms with Gasteiger partial charge >= 0.3 is 6.18 Å². The Balaban J connectivity index is 2.06. The summed E-state index contributed by atoms with van der Waals surface area (Å²) in [4.78, 5) is 4.05. The minimum atomic E-state index is -4.34. The summed E-state index contributed by atoms with van der Waals surface area (Å²) in [7, 11) is 0. The standard InChI is InChI=1S/C13H10F3N3/c14-13(15,16)10-2-1-3-11(6-10)19-5-4-9-7-17-8-18-12(9)19/h1-6,8H,7H2,(H,17,18). The van der Waals surface area contributed by atoms with Crippen LogP contribution in [0.2, 0.25) is 0 Å². The monoisotopic (exact) mass is 265 g/mol. The average Bonchev–Trinajstić information content (AvgIpc) is 2.82. The molecule has 0 atom stereocenters. The number of anilines is 1. The maximum Gasteiger partial charge on any atom is 0.416 e. The second-order valence-electron chi connectivity index (χ2n) is 4.22. The number of rotatable bonds is 1. The van der Waals surface area contributed by atoms with E-state index in [0.717, 1.165) is 23.5 Å². The number of hydrogen-bond acceptors (Lipinski definition) is 2. The van der Waals surface area contributed by atoms with Crippen LogP contribution in [-0.4, -0.2) is 10.9 Å². The number of aliphatic imine (C=N–C) groups is 1. The molecular formula is C13H10F3N3. The van der Waals surface area contributed by atoms with E-state index in [4.69, 9.17) is 0 Å². The Morgan fingerprint density at radius 1 is 1.21 bits per heavy atom. The SMILES string of the molecule is FC(F)(F)c1cccc(-n2ccc3c2NC=NC3)c1. The van der Waals surface area contributed by atoms with E-state index in [0.29, 0.717) is 12.2 Å². The molecule has 1 N–H and O–H groups in total. The summed E-state index contributed by atoms with van der Waals surface area (Å²) >= 11 is 0. The van der Waals surface area contributed by atoms with Gasteiger partial charge < -0.3 is 9.88 Å². The van der Waals surface area contributed by atoms with Gasteiger partial charge in [-0.3, -0.25) is 4.99 Å². The normalized spacial score (nSPS) is 14.1. The molecule has 3 rings (SSSR count). The summed E-state index contributed by atoms with van der Waals surface area (Å²) in [6, 6.07) is 7.09. The molecule has 1 aliphatic heterocycles. The van der Waals surface area contributed by atoms with Gasteiger partial charge in [0.25, 0.3) is 0 Å². The zero-order chi connectivity index (χ0) is 13.5. The van der Waals surface area contributed by atoms with Crippen molar-refractivity contribution in [3.63, 3.8) is 0 Å². The second kappa shape index (κ2) is 4.15. The maximum absolute atomic E-state index is 12.7. The predicted octanol–water partition coefficient (Wildman–Crippen LogP) is 3.45. The van der Waals surface area contributed by atoms with Gasteiger partial charge in [-0.25, -0.2) is 0 Å². The lowest BCUT2D eigenvalue weighted by atomic mass is 10.2. The summed E-state index contributed by atoms with van der Waals surface area (Å²) in [5.74, 6) is 0.759. The molecule has 0 aliphatic carbocycles. The Morgan fingerprint density at radius 2 is 2.05 bits per heavy atom. The van der Waals surface area contributed by atoms with Crippen molar-refractivity contribution in [3.05, 3.63) is 47.7 Å². The van der Waals surface area contributed by atoms with Gasteiger partial charge in [0.2, 0.25) is 0 Å². The van der Waals surface area contributed by atoms with E-state index in [1.54, 1.807) is 23.2 Å². The van der Waals surface area contributed by atoms with Gasteiger partial charge in [0.1, 0.15) is 5.82 Å². The lowest BCUT2D eigenvalue weighted by Gasteiger charge is -2.14. The minimum absolute atomic E-state index is 0.471. The van der Waals surface area contributed by atoms with Crippen molar-refractivity contribution in [2.75, 3.05) is 5.32 Å². The number of alkyl halides is 3. The van der Waals surface area contributed by atoms with Gasteiger partial charge in [-0.05, 0) is 24.3 Å². The van der Waals surface area contributed by atoms with Crippen molar-refractivity contribution in [2.24, 2.45) is 4.99 Å². The van der Waals surface area contributed by atoms with E-state index in [9.17, 15) is 13.2 Å². The summed E-state index contributed by atoms with van der Waals surface area (Å²) in [6.45, 7) is 0.536. The maximum atomic E-state index is 12.7. The van der Waals surface area contributed by atoms with Gasteiger partial charge in [0.15, 0.2) is 0 Å². The van der Waals surface area contributed by atoms with E-state index in [1.165, 1.54) is 6.07 Å². The van der Waals surface area contributed by atoms with Crippen LogP contribution in [0.4, 0.5) is 19.0 Å². The summed E-state index contributed by atoms with van der Waals surface area (Å²) in [5.41, 5.74) is 0.774. The summed E-state index contributed by atoms with van der Waals surface area (Å²) in [6.07, 6.45) is -1.05. The van der Waals surface area contributed by atoms with Crippen molar-refractivity contribution >= 4 is 12.2 Å². The van der Waals surface area contributed by atoms with Crippen LogP contribution in [0.3, 0.4) is 0 Å². The third kappa shape index (κ3) is 2.09. The third-order valence-corrected chi connectivity index (χ3v) is 2.98. The molecule has 0 saturated carbocycles. The molecule has 2 aromatic rings. The highest BCUT2D eigenvalue weighted by Crippen LogP contribution is 2.32. The Morgan fingerprint density at radius 3 is 2.84 bits per heavy atom. The van der Waals surface area contributed by atoms with E-state index in [-0.39, 0.29) is 0 Å². The Kier molecular flexibility index (Phi) is 2.58. The number of benzene rings is 1. The first kappa shape index (κ1) is 11.8. The Bertz CT molecular complexity index is 641. The van der Waals surface area contributed by atoms with Crippen LogP contribution in [-0.2, 0) is 12.7 Å². The molecule has 0 amide bonds. The molecule has 0 unspecified atom stereocenters. The van der Waals surface area contributed by atoms with Gasteiger partial charge in [0.05, 0.1) is 18.4 Å². The molecule has 0 bridgehead atoms. The van der Waals surface area contributed by atoms with Gasteiger partial charge in [-0.1, -0.05) is 6.07 Å². The molecule has 98 valence electrons. The van der Waals surface area contributed by atoms with Crippen molar-refractivity contribution in [2.45, 2.75) is 12.7 Å². The largest absolute Gasteiger partial charge is 0.416 e. The Hall–Kier alpha value is -2.24. The fourth-order valence-corrected chi connectivity index (χ4v) is 2.06. The highest BCUT2D eigenvalue weighted by molar-refractivity contribution is 5.79. The zero-order valence-corrected chi connectivity index (χ0v) is 9.78. The van der Waals surface area contributed by atoms with Gasteiger partial charge in [-0.15, -0.1) is 0 Å². The zero-order valence-electron chi connectivity index (χ0n) is 9.78. The van der Waals surface area contributed by atoms with E-state index in [2.05, 4.69) is 10.3 Å². The fourth-order valence-electron chi connectivity index (χ4n) is 2.06. The second-order valence-corrected chi connectivity index (χ2v) is 4.22. The predicted molar refractivity (Wildman–Crippen MR) is 66.6 cm³/mol. The number of fused-ring (bicyclic) bond motifs is 1. The topological polar surface area (TPSA) is 29.3 Å². The number of halogens is 3. The van der Waals surface area contributed by atoms with Crippen LogP contribution < -0.4 is 5.32 Å². The molecule has 2 heterocycles. The molecule has 1 aromatic carbocycles. The number of nitrogens with zero attached hydrogens (tertiary/aromatic N) is 2. The average molecular weight is 265 g/mol. The first-order chi connectivity index (χ1) is 9.05. The lowest BCUT2D eigenvalue weighted by molar-refractivity contribution is -0.137. The molecule has 6 heteroatoms. The first-order valence-corrected chi connectivity index (χ1v) is 5.68. The van der Waals surface area contributed by atoms with Crippen LogP contribution in [0.15, 0.2) is 41.5 Å². The molecule has 0 radical (unpaired) electrons. The van der Waals surface area contributed by atoms with Crippen molar-refractivity contribution in [1.82, 2.24) is 4.57 Å². The van der Waals surface area contributed by atoms with Gasteiger partial charge in [-0.2, -0.15) is 13.2 Å². The molecule has 3 nitrogen and oxygen atoms in total. The van der Waals surface area contributed by atoms with Crippen LogP contribution in [0.1, 0.15) is 11.1 Å². The van der Waals surface area contributed by atoms with Crippen LogP contribution >= 0.6 is 0 Å². The minimum Gasteiger partial charge on any atom is -0.332 e. The lowest BCUT2D eigenvalue weighted by Crippen LogP contribution is -2.10. The Labute approximate surface area is 107 Å². The van der Waals surface area contributed by atoms with E-state index >= 15 is 0 Å². The summed E-state index contributed by atoms with van der Waals surface area (Å²) in [5, 5.41) is 2.96. The molecule has 1 aliphatic rings. The number of hydrogen-bond donors (Lipinski definition) is 1. The van der Waals surface area contributed by atoms with Crippen LogP contribution in [0.25, 0.3) is 5.69 Å². The molecule has 1 aromatic heterocycles. The number of aromatic nitrogens is 1. The van der Waals surface area contributed by atoms with E-state index < -0.39 is 11.7 Å². The molecule has 19 heavy (non-hydrogen) atoms. The smallest absolute Gasteiger partial charge is 0.332 e. The van der Waals surface area contributed by atoms with Crippen LogP contribution in [0, 0.1) is 0 Å². The van der Waals surface area contributed by atoms with Crippen molar-refractivity contribution in [1.29, 1.82) is 0 Å². The van der Waals surface area contributed by atoms with Gasteiger partial charge in [0, 0.05) is 17.4 Å².